The molecule has 124 valence electrons. The first kappa shape index (κ1) is 17.5. The Labute approximate surface area is 156 Å². The summed E-state index contributed by atoms with van der Waals surface area (Å²) < 4.78 is 7.10. The van der Waals surface area contributed by atoms with Gasteiger partial charge in [0.15, 0.2) is 8.68 Å². The van der Waals surface area contributed by atoms with Gasteiger partial charge in [0.05, 0.1) is 5.75 Å². The molecule has 0 bridgehead atoms. The summed E-state index contributed by atoms with van der Waals surface area (Å²) >= 11 is 10.6. The van der Waals surface area contributed by atoms with Gasteiger partial charge in [0.1, 0.15) is 0 Å². The first-order valence-electron chi connectivity index (χ1n) is 6.92. The molecular formula is C15H13ClN4OS3. The van der Waals surface area contributed by atoms with Gasteiger partial charge in [0, 0.05) is 16.3 Å². The quantitative estimate of drug-likeness (QED) is 0.401. The Balaban J connectivity index is 1.57. The maximum atomic E-state index is 5.88. The van der Waals surface area contributed by atoms with E-state index >= 15 is 0 Å². The van der Waals surface area contributed by atoms with Crippen LogP contribution in [0.1, 0.15) is 12.8 Å². The van der Waals surface area contributed by atoms with Crippen molar-refractivity contribution in [2.45, 2.75) is 21.4 Å². The van der Waals surface area contributed by atoms with E-state index in [0.29, 0.717) is 22.5 Å². The summed E-state index contributed by atoms with van der Waals surface area (Å²) in [6, 6.07) is 7.32. The van der Waals surface area contributed by atoms with Gasteiger partial charge in [0.2, 0.25) is 11.7 Å². The van der Waals surface area contributed by atoms with E-state index in [2.05, 4.69) is 26.9 Å². The average molecular weight is 397 g/mol. The van der Waals surface area contributed by atoms with Crippen LogP contribution in [0, 0.1) is 0 Å². The van der Waals surface area contributed by atoms with E-state index in [1.54, 1.807) is 35.2 Å². The van der Waals surface area contributed by atoms with Crippen LogP contribution >= 0.6 is 46.5 Å². The molecule has 0 radical (unpaired) electrons. The number of benzene rings is 1. The standard InChI is InChI=1S/C15H13ClN4OS3/c1-9(2)7-22-14-18-19-15(24-14)23-8-12-17-13(20-21-12)10-3-5-11(16)6-4-10/h3-6H,1,7-8H2,2H3. The van der Waals surface area contributed by atoms with Crippen LogP contribution in [-0.4, -0.2) is 26.1 Å². The second-order valence-electron chi connectivity index (χ2n) is 4.89. The number of thioether (sulfide) groups is 2. The third-order valence-electron chi connectivity index (χ3n) is 2.72. The molecule has 0 atom stereocenters. The predicted octanol–water partition coefficient (Wildman–Crippen LogP) is 5.20. The van der Waals surface area contributed by atoms with Crippen LogP contribution in [0.5, 0.6) is 0 Å². The second-order valence-corrected chi connectivity index (χ2v) is 8.75. The van der Waals surface area contributed by atoms with Crippen LogP contribution in [0.4, 0.5) is 0 Å². The van der Waals surface area contributed by atoms with Crippen molar-refractivity contribution in [2.75, 3.05) is 5.75 Å². The Hall–Kier alpha value is -1.35. The SMILES string of the molecule is C=C(C)CSc1nnc(SCc2nc(-c3ccc(Cl)cc3)no2)s1. The molecule has 0 fully saturated rings. The Morgan fingerprint density at radius 3 is 2.62 bits per heavy atom. The van der Waals surface area contributed by atoms with E-state index in [4.69, 9.17) is 16.1 Å². The van der Waals surface area contributed by atoms with Gasteiger partial charge in [-0.2, -0.15) is 4.98 Å². The van der Waals surface area contributed by atoms with Crippen molar-refractivity contribution in [3.05, 3.63) is 47.3 Å². The second kappa shape index (κ2) is 8.15. The van der Waals surface area contributed by atoms with Gasteiger partial charge in [-0.1, -0.05) is 63.8 Å². The number of aromatic nitrogens is 4. The van der Waals surface area contributed by atoms with Crippen molar-refractivity contribution in [2.24, 2.45) is 0 Å². The van der Waals surface area contributed by atoms with Gasteiger partial charge in [-0.05, 0) is 31.2 Å². The molecule has 0 aliphatic carbocycles. The van der Waals surface area contributed by atoms with Gasteiger partial charge < -0.3 is 4.52 Å². The third-order valence-corrected chi connectivity index (χ3v) is 6.38. The lowest BCUT2D eigenvalue weighted by molar-refractivity contribution is 0.391. The number of halogens is 1. The van der Waals surface area contributed by atoms with Crippen molar-refractivity contribution in [1.82, 2.24) is 20.3 Å². The lowest BCUT2D eigenvalue weighted by Crippen LogP contribution is -1.82. The first-order chi connectivity index (χ1) is 11.6. The highest BCUT2D eigenvalue weighted by Gasteiger charge is 2.11. The highest BCUT2D eigenvalue weighted by Crippen LogP contribution is 2.31. The molecule has 2 aromatic heterocycles. The van der Waals surface area contributed by atoms with Crippen LogP contribution in [0.25, 0.3) is 11.4 Å². The summed E-state index contributed by atoms with van der Waals surface area (Å²) in [6.07, 6.45) is 0. The summed E-state index contributed by atoms with van der Waals surface area (Å²) in [5.41, 5.74) is 1.98. The van der Waals surface area contributed by atoms with Gasteiger partial charge in [0.25, 0.3) is 0 Å². The van der Waals surface area contributed by atoms with E-state index in [9.17, 15) is 0 Å². The largest absolute Gasteiger partial charge is 0.338 e. The lowest BCUT2D eigenvalue weighted by Gasteiger charge is -1.93. The molecule has 0 amide bonds. The highest BCUT2D eigenvalue weighted by atomic mass is 35.5. The van der Waals surface area contributed by atoms with Gasteiger partial charge >= 0.3 is 0 Å². The van der Waals surface area contributed by atoms with Crippen LogP contribution in [0.2, 0.25) is 5.02 Å². The normalized spacial score (nSPS) is 10.9. The van der Waals surface area contributed by atoms with Crippen molar-refractivity contribution in [3.8, 4) is 11.4 Å². The average Bonchev–Trinajstić information content (AvgIpc) is 3.21. The third kappa shape index (κ3) is 4.83. The Morgan fingerprint density at radius 1 is 1.21 bits per heavy atom. The van der Waals surface area contributed by atoms with Gasteiger partial charge in [-0.25, -0.2) is 0 Å². The topological polar surface area (TPSA) is 64.7 Å². The zero-order valence-electron chi connectivity index (χ0n) is 12.7. The van der Waals surface area contributed by atoms with Gasteiger partial charge in [-0.3, -0.25) is 0 Å². The van der Waals surface area contributed by atoms with E-state index in [-0.39, 0.29) is 0 Å². The number of nitrogens with zero attached hydrogens (tertiary/aromatic N) is 4. The maximum absolute atomic E-state index is 5.88. The molecule has 0 saturated heterocycles. The minimum atomic E-state index is 0.552. The molecule has 0 aliphatic heterocycles. The van der Waals surface area contributed by atoms with E-state index in [0.717, 1.165) is 25.6 Å². The fraction of sp³-hybridized carbons (Fsp3) is 0.200. The monoisotopic (exact) mass is 396 g/mol. The van der Waals surface area contributed by atoms with E-state index < -0.39 is 0 Å². The Kier molecular flexibility index (Phi) is 5.94. The molecule has 3 aromatic rings. The summed E-state index contributed by atoms with van der Waals surface area (Å²) in [7, 11) is 0. The molecule has 0 saturated carbocycles. The highest BCUT2D eigenvalue weighted by molar-refractivity contribution is 8.03. The van der Waals surface area contributed by atoms with Crippen LogP contribution in [0.15, 0.2) is 49.6 Å². The minimum absolute atomic E-state index is 0.552. The molecule has 0 N–H and O–H groups in total. The summed E-state index contributed by atoms with van der Waals surface area (Å²) in [5, 5.41) is 13.0. The zero-order chi connectivity index (χ0) is 16.9. The minimum Gasteiger partial charge on any atom is -0.338 e. The van der Waals surface area contributed by atoms with E-state index in [1.165, 1.54) is 11.8 Å². The van der Waals surface area contributed by atoms with Crippen molar-refractivity contribution in [3.63, 3.8) is 0 Å². The fourth-order valence-electron chi connectivity index (χ4n) is 1.65. The predicted molar refractivity (Wildman–Crippen MR) is 99.8 cm³/mol. The smallest absolute Gasteiger partial charge is 0.237 e. The van der Waals surface area contributed by atoms with Crippen molar-refractivity contribution in [1.29, 1.82) is 0 Å². The Morgan fingerprint density at radius 2 is 1.92 bits per heavy atom. The Bertz CT molecular complexity index is 831. The fourth-order valence-corrected chi connectivity index (χ4v) is 4.48. The molecule has 3 rings (SSSR count). The van der Waals surface area contributed by atoms with Gasteiger partial charge in [-0.15, -0.1) is 10.2 Å². The number of rotatable bonds is 7. The summed E-state index contributed by atoms with van der Waals surface area (Å²) in [5.74, 6) is 2.52. The van der Waals surface area contributed by atoms with E-state index in [1.807, 2.05) is 19.1 Å². The number of hydrogen-bond donors (Lipinski definition) is 0. The van der Waals surface area contributed by atoms with Crippen LogP contribution in [0.3, 0.4) is 0 Å². The molecule has 0 spiro atoms. The molecule has 9 heteroatoms. The molecule has 0 aliphatic rings. The zero-order valence-corrected chi connectivity index (χ0v) is 15.9. The molecular weight excluding hydrogens is 384 g/mol. The van der Waals surface area contributed by atoms with Crippen molar-refractivity contribution < 1.29 is 4.52 Å². The molecule has 2 heterocycles. The van der Waals surface area contributed by atoms with Crippen LogP contribution < -0.4 is 0 Å². The lowest BCUT2D eigenvalue weighted by atomic mass is 10.2. The summed E-state index contributed by atoms with van der Waals surface area (Å²) in [4.78, 5) is 4.39. The maximum Gasteiger partial charge on any atom is 0.237 e. The summed E-state index contributed by atoms with van der Waals surface area (Å²) in [6.45, 7) is 5.88. The first-order valence-corrected chi connectivity index (χ1v) is 10.1. The van der Waals surface area contributed by atoms with Crippen LogP contribution in [-0.2, 0) is 5.75 Å². The molecule has 1 aromatic carbocycles. The molecule has 5 nitrogen and oxygen atoms in total. The molecule has 0 unspecified atom stereocenters. The number of hydrogen-bond acceptors (Lipinski definition) is 8. The van der Waals surface area contributed by atoms with Crippen molar-refractivity contribution >= 4 is 46.5 Å². The molecule has 24 heavy (non-hydrogen) atoms.